The molecule has 1 aromatic carbocycles. The molecule has 1 saturated carbocycles. The molecule has 3 atom stereocenters. The van der Waals surface area contributed by atoms with Gasteiger partial charge in [0.05, 0.1) is 13.2 Å². The van der Waals surface area contributed by atoms with Crippen LogP contribution in [0.5, 0.6) is 5.75 Å². The summed E-state index contributed by atoms with van der Waals surface area (Å²) in [6, 6.07) is 9.18. The monoisotopic (exact) mass is 277 g/mol. The van der Waals surface area contributed by atoms with E-state index in [1.807, 2.05) is 12.1 Å². The molecule has 3 nitrogen and oxygen atoms in total. The van der Waals surface area contributed by atoms with Crippen molar-refractivity contribution in [3.63, 3.8) is 0 Å². The van der Waals surface area contributed by atoms with Gasteiger partial charge in [-0.3, -0.25) is 0 Å². The maximum absolute atomic E-state index is 9.84. The van der Waals surface area contributed by atoms with Crippen LogP contribution in [0, 0.1) is 0 Å². The molecular formula is C17H27NO2. The maximum Gasteiger partial charge on any atom is 0.122 e. The first-order chi connectivity index (χ1) is 9.61. The predicted octanol–water partition coefficient (Wildman–Crippen LogP) is 2.86. The van der Waals surface area contributed by atoms with Gasteiger partial charge >= 0.3 is 0 Å². The molecule has 3 unspecified atom stereocenters. The summed E-state index contributed by atoms with van der Waals surface area (Å²) in [5, 5.41) is 9.84. The number of hydrogen-bond donors (Lipinski definition) is 1. The van der Waals surface area contributed by atoms with Crippen LogP contribution in [0.3, 0.4) is 0 Å². The fraction of sp³-hybridized carbons (Fsp3) is 0.647. The normalized spacial score (nSPS) is 24.6. The lowest BCUT2D eigenvalue weighted by atomic mass is 9.91. The third-order valence-corrected chi connectivity index (χ3v) is 4.60. The van der Waals surface area contributed by atoms with Gasteiger partial charge in [-0.1, -0.05) is 18.2 Å². The van der Waals surface area contributed by atoms with Crippen LogP contribution in [-0.2, 0) is 6.42 Å². The zero-order chi connectivity index (χ0) is 14.5. The van der Waals surface area contributed by atoms with Crippen molar-refractivity contribution < 1.29 is 9.84 Å². The number of para-hydroxylation sites is 1. The highest BCUT2D eigenvalue weighted by atomic mass is 16.5. The van der Waals surface area contributed by atoms with E-state index in [1.54, 1.807) is 7.11 Å². The van der Waals surface area contributed by atoms with Crippen molar-refractivity contribution in [2.45, 2.75) is 57.2 Å². The van der Waals surface area contributed by atoms with Gasteiger partial charge in [0.15, 0.2) is 0 Å². The maximum atomic E-state index is 9.84. The van der Waals surface area contributed by atoms with Crippen LogP contribution in [0.15, 0.2) is 24.3 Å². The second kappa shape index (κ2) is 7.09. The second-order valence-corrected chi connectivity index (χ2v) is 6.00. The van der Waals surface area contributed by atoms with Crippen molar-refractivity contribution in [2.24, 2.45) is 0 Å². The number of rotatable bonds is 5. The van der Waals surface area contributed by atoms with Gasteiger partial charge in [-0.2, -0.15) is 0 Å². The smallest absolute Gasteiger partial charge is 0.122 e. The molecule has 2 rings (SSSR count). The Kier molecular flexibility index (Phi) is 5.44. The summed E-state index contributed by atoms with van der Waals surface area (Å²) in [5.41, 5.74) is 1.26. The fourth-order valence-electron chi connectivity index (χ4n) is 3.20. The first kappa shape index (κ1) is 15.3. The number of hydrogen-bond acceptors (Lipinski definition) is 3. The summed E-state index contributed by atoms with van der Waals surface area (Å²) in [7, 11) is 3.91. The van der Waals surface area contributed by atoms with E-state index in [-0.39, 0.29) is 6.10 Å². The van der Waals surface area contributed by atoms with Crippen LogP contribution in [0.1, 0.15) is 38.2 Å². The highest BCUT2D eigenvalue weighted by Gasteiger charge is 2.26. The van der Waals surface area contributed by atoms with E-state index < -0.39 is 0 Å². The van der Waals surface area contributed by atoms with E-state index in [4.69, 9.17) is 4.74 Å². The summed E-state index contributed by atoms with van der Waals surface area (Å²) < 4.78 is 5.43. The average molecular weight is 277 g/mol. The molecule has 112 valence electrons. The molecule has 0 aromatic heterocycles. The van der Waals surface area contributed by atoms with Crippen molar-refractivity contribution in [2.75, 3.05) is 14.2 Å². The van der Waals surface area contributed by atoms with Gasteiger partial charge in [0, 0.05) is 12.1 Å². The van der Waals surface area contributed by atoms with Crippen LogP contribution in [0.4, 0.5) is 0 Å². The van der Waals surface area contributed by atoms with Gasteiger partial charge in [-0.15, -0.1) is 0 Å². The molecule has 1 fully saturated rings. The van der Waals surface area contributed by atoms with E-state index in [9.17, 15) is 5.11 Å². The lowest BCUT2D eigenvalue weighted by Crippen LogP contribution is -2.43. The zero-order valence-electron chi connectivity index (χ0n) is 12.9. The minimum Gasteiger partial charge on any atom is -0.496 e. The summed E-state index contributed by atoms with van der Waals surface area (Å²) in [6.45, 7) is 2.26. The number of aliphatic hydroxyl groups is 1. The minimum atomic E-state index is -0.116. The van der Waals surface area contributed by atoms with Gasteiger partial charge in [-0.05, 0) is 57.7 Å². The van der Waals surface area contributed by atoms with E-state index in [0.717, 1.165) is 31.4 Å². The molecule has 0 amide bonds. The number of likely N-dealkylation sites (N-methyl/N-ethyl adjacent to an activating group) is 1. The standard InChI is InChI=1S/C17H27NO2/c1-13(11-14-7-4-5-10-17(14)20-3)18(2)15-8-6-9-16(19)12-15/h4-5,7,10,13,15-16,19H,6,8-9,11-12H2,1-3H3. The second-order valence-electron chi connectivity index (χ2n) is 6.00. The summed E-state index contributed by atoms with van der Waals surface area (Å²) in [6.07, 6.45) is 5.07. The number of nitrogens with zero attached hydrogens (tertiary/aromatic N) is 1. The Balaban J connectivity index is 1.98. The molecule has 3 heteroatoms. The molecule has 0 spiro atoms. The highest BCUT2D eigenvalue weighted by molar-refractivity contribution is 5.33. The van der Waals surface area contributed by atoms with Crippen LogP contribution >= 0.6 is 0 Å². The molecule has 0 saturated heterocycles. The molecular weight excluding hydrogens is 250 g/mol. The number of ether oxygens (including phenoxy) is 1. The highest BCUT2D eigenvalue weighted by Crippen LogP contribution is 2.26. The molecule has 1 aliphatic rings. The first-order valence-electron chi connectivity index (χ1n) is 7.63. The zero-order valence-corrected chi connectivity index (χ0v) is 12.9. The number of aliphatic hydroxyl groups excluding tert-OH is 1. The molecule has 0 heterocycles. The largest absolute Gasteiger partial charge is 0.496 e. The van der Waals surface area contributed by atoms with E-state index in [1.165, 1.54) is 12.0 Å². The van der Waals surface area contributed by atoms with Gasteiger partial charge < -0.3 is 14.7 Å². The van der Waals surface area contributed by atoms with Crippen molar-refractivity contribution in [1.29, 1.82) is 0 Å². The van der Waals surface area contributed by atoms with E-state index in [0.29, 0.717) is 12.1 Å². The minimum absolute atomic E-state index is 0.116. The van der Waals surface area contributed by atoms with E-state index >= 15 is 0 Å². The fourth-order valence-corrected chi connectivity index (χ4v) is 3.20. The Morgan fingerprint density at radius 3 is 2.80 bits per heavy atom. The quantitative estimate of drug-likeness (QED) is 0.898. The third-order valence-electron chi connectivity index (χ3n) is 4.60. The molecule has 0 radical (unpaired) electrons. The van der Waals surface area contributed by atoms with Crippen LogP contribution in [-0.4, -0.2) is 42.4 Å². The lowest BCUT2D eigenvalue weighted by molar-refractivity contribution is 0.0580. The first-order valence-corrected chi connectivity index (χ1v) is 7.63. The van der Waals surface area contributed by atoms with Gasteiger partial charge in [-0.25, -0.2) is 0 Å². The van der Waals surface area contributed by atoms with Crippen LogP contribution < -0.4 is 4.74 Å². The predicted molar refractivity (Wildman–Crippen MR) is 82.2 cm³/mol. The third kappa shape index (κ3) is 3.74. The van der Waals surface area contributed by atoms with Crippen LogP contribution in [0.25, 0.3) is 0 Å². The summed E-state index contributed by atoms with van der Waals surface area (Å²) >= 11 is 0. The van der Waals surface area contributed by atoms with E-state index in [2.05, 4.69) is 31.0 Å². The lowest BCUT2D eigenvalue weighted by Gasteiger charge is -2.37. The van der Waals surface area contributed by atoms with Crippen molar-refractivity contribution in [3.05, 3.63) is 29.8 Å². The molecule has 0 aliphatic heterocycles. The Morgan fingerprint density at radius 1 is 1.35 bits per heavy atom. The molecule has 1 N–H and O–H groups in total. The molecule has 20 heavy (non-hydrogen) atoms. The van der Waals surface area contributed by atoms with Crippen LogP contribution in [0.2, 0.25) is 0 Å². The van der Waals surface area contributed by atoms with Crippen molar-refractivity contribution >= 4 is 0 Å². The SMILES string of the molecule is COc1ccccc1CC(C)N(C)C1CCCC(O)C1. The number of benzene rings is 1. The summed E-state index contributed by atoms with van der Waals surface area (Å²) in [5.74, 6) is 0.969. The molecule has 1 aliphatic carbocycles. The van der Waals surface area contributed by atoms with Gasteiger partial charge in [0.1, 0.15) is 5.75 Å². The Hall–Kier alpha value is -1.06. The Labute approximate surface area is 122 Å². The van der Waals surface area contributed by atoms with Gasteiger partial charge in [0.25, 0.3) is 0 Å². The Morgan fingerprint density at radius 2 is 2.10 bits per heavy atom. The van der Waals surface area contributed by atoms with Crippen molar-refractivity contribution in [3.8, 4) is 5.75 Å². The topological polar surface area (TPSA) is 32.7 Å². The van der Waals surface area contributed by atoms with Gasteiger partial charge in [0.2, 0.25) is 0 Å². The van der Waals surface area contributed by atoms with Crippen molar-refractivity contribution in [1.82, 2.24) is 4.90 Å². The molecule has 1 aromatic rings. The average Bonchev–Trinajstić information content (AvgIpc) is 2.47. The Bertz CT molecular complexity index is 421. The molecule has 0 bridgehead atoms. The number of methoxy groups -OCH3 is 1. The summed E-state index contributed by atoms with van der Waals surface area (Å²) in [4.78, 5) is 2.43.